The number of hydrogen-bond donors (Lipinski definition) is 1. The van der Waals surface area contributed by atoms with E-state index in [1.165, 1.54) is 16.7 Å². The van der Waals surface area contributed by atoms with Gasteiger partial charge in [-0.2, -0.15) is 0 Å². The van der Waals surface area contributed by atoms with Crippen molar-refractivity contribution in [1.29, 1.82) is 0 Å². The molecule has 2 rings (SSSR count). The van der Waals surface area contributed by atoms with E-state index >= 15 is 0 Å². The first kappa shape index (κ1) is 15.6. The number of amides is 1. The molecule has 2 aromatic carbocycles. The maximum atomic E-state index is 12.2. The van der Waals surface area contributed by atoms with Crippen LogP contribution >= 0.6 is 11.8 Å². The van der Waals surface area contributed by atoms with Crippen molar-refractivity contribution in [3.8, 4) is 0 Å². The molecule has 0 bridgehead atoms. The smallest absolute Gasteiger partial charge is 0.233 e. The van der Waals surface area contributed by atoms with E-state index in [9.17, 15) is 4.79 Å². The molecule has 1 N–H and O–H groups in total. The van der Waals surface area contributed by atoms with Crippen LogP contribution < -0.4 is 5.32 Å². The topological polar surface area (TPSA) is 29.1 Å². The Kier molecular flexibility index (Phi) is 5.45. The molecule has 21 heavy (non-hydrogen) atoms. The number of carbonyl (C=O) groups is 1. The summed E-state index contributed by atoms with van der Waals surface area (Å²) in [5.74, 6) is 0.0730. The van der Waals surface area contributed by atoms with Crippen molar-refractivity contribution in [2.45, 2.75) is 37.5 Å². The predicted octanol–water partition coefficient (Wildman–Crippen LogP) is 4.10. The Hall–Kier alpha value is -1.74. The van der Waals surface area contributed by atoms with Crippen LogP contribution in [0.25, 0.3) is 0 Å². The summed E-state index contributed by atoms with van der Waals surface area (Å²) in [5, 5.41) is 2.91. The SMILES string of the molecule is Cc1ccc(SC(C)C(=O)NCc2ccccc2C)cc1. The van der Waals surface area contributed by atoms with Gasteiger partial charge in [0.05, 0.1) is 5.25 Å². The van der Waals surface area contributed by atoms with Crippen LogP contribution in [0.15, 0.2) is 53.4 Å². The second-order valence-electron chi connectivity index (χ2n) is 5.22. The summed E-state index contributed by atoms with van der Waals surface area (Å²) >= 11 is 1.59. The number of carbonyl (C=O) groups excluding carboxylic acids is 1. The van der Waals surface area contributed by atoms with Crippen LogP contribution in [-0.2, 0) is 11.3 Å². The lowest BCUT2D eigenvalue weighted by Crippen LogP contribution is -2.30. The summed E-state index contributed by atoms with van der Waals surface area (Å²) in [7, 11) is 0. The van der Waals surface area contributed by atoms with Crippen LogP contribution in [0.4, 0.5) is 0 Å². The normalized spacial score (nSPS) is 12.0. The Morgan fingerprint density at radius 2 is 1.76 bits per heavy atom. The third kappa shape index (κ3) is 4.64. The molecule has 0 heterocycles. The molecule has 0 aliphatic carbocycles. The second-order valence-corrected chi connectivity index (χ2v) is 6.63. The Balaban J connectivity index is 1.88. The molecule has 2 nitrogen and oxygen atoms in total. The molecule has 1 amide bonds. The zero-order valence-corrected chi connectivity index (χ0v) is 13.5. The molecule has 0 saturated heterocycles. The van der Waals surface area contributed by atoms with Crippen molar-refractivity contribution in [3.63, 3.8) is 0 Å². The Morgan fingerprint density at radius 1 is 1.10 bits per heavy atom. The zero-order valence-electron chi connectivity index (χ0n) is 12.7. The summed E-state index contributed by atoms with van der Waals surface area (Å²) in [4.78, 5) is 13.3. The minimum atomic E-state index is -0.100. The van der Waals surface area contributed by atoms with Crippen molar-refractivity contribution in [2.75, 3.05) is 0 Å². The largest absolute Gasteiger partial charge is 0.351 e. The van der Waals surface area contributed by atoms with Gasteiger partial charge in [0.1, 0.15) is 0 Å². The van der Waals surface area contributed by atoms with E-state index in [1.807, 2.05) is 25.1 Å². The van der Waals surface area contributed by atoms with Crippen LogP contribution in [0, 0.1) is 13.8 Å². The molecule has 0 aliphatic heterocycles. The monoisotopic (exact) mass is 299 g/mol. The highest BCUT2D eigenvalue weighted by Gasteiger charge is 2.14. The lowest BCUT2D eigenvalue weighted by molar-refractivity contribution is -0.120. The molecule has 0 radical (unpaired) electrons. The van der Waals surface area contributed by atoms with E-state index in [2.05, 4.69) is 49.5 Å². The minimum absolute atomic E-state index is 0.0730. The summed E-state index contributed by atoms with van der Waals surface area (Å²) in [6.07, 6.45) is 0. The average molecular weight is 299 g/mol. The highest BCUT2D eigenvalue weighted by Crippen LogP contribution is 2.23. The maximum absolute atomic E-state index is 12.2. The predicted molar refractivity (Wildman–Crippen MR) is 89.5 cm³/mol. The van der Waals surface area contributed by atoms with E-state index in [0.717, 1.165) is 4.90 Å². The minimum Gasteiger partial charge on any atom is -0.351 e. The van der Waals surface area contributed by atoms with Gasteiger partial charge in [-0.1, -0.05) is 42.0 Å². The van der Waals surface area contributed by atoms with Gasteiger partial charge < -0.3 is 5.32 Å². The van der Waals surface area contributed by atoms with Crippen LogP contribution in [0.5, 0.6) is 0 Å². The number of rotatable bonds is 5. The molecule has 3 heteroatoms. The van der Waals surface area contributed by atoms with Crippen LogP contribution in [0.1, 0.15) is 23.6 Å². The van der Waals surface area contributed by atoms with E-state index in [1.54, 1.807) is 11.8 Å². The molecule has 1 unspecified atom stereocenters. The van der Waals surface area contributed by atoms with E-state index in [-0.39, 0.29) is 11.2 Å². The van der Waals surface area contributed by atoms with Gasteiger partial charge in [-0.15, -0.1) is 11.8 Å². The maximum Gasteiger partial charge on any atom is 0.233 e. The lowest BCUT2D eigenvalue weighted by atomic mass is 10.1. The van der Waals surface area contributed by atoms with Gasteiger partial charge in [-0.25, -0.2) is 0 Å². The van der Waals surface area contributed by atoms with E-state index < -0.39 is 0 Å². The molecule has 0 fully saturated rings. The van der Waals surface area contributed by atoms with Gasteiger partial charge in [-0.3, -0.25) is 4.79 Å². The zero-order chi connectivity index (χ0) is 15.2. The molecular weight excluding hydrogens is 278 g/mol. The van der Waals surface area contributed by atoms with Crippen molar-refractivity contribution in [3.05, 3.63) is 65.2 Å². The first-order valence-electron chi connectivity index (χ1n) is 7.12. The fourth-order valence-corrected chi connectivity index (χ4v) is 2.90. The van der Waals surface area contributed by atoms with Crippen molar-refractivity contribution < 1.29 is 4.79 Å². The standard InChI is InChI=1S/C18H21NOS/c1-13-8-10-17(11-9-13)21-15(3)18(20)19-12-16-7-5-4-6-14(16)2/h4-11,15H,12H2,1-3H3,(H,19,20). The molecular formula is C18H21NOS. The number of hydrogen-bond acceptors (Lipinski definition) is 2. The Labute approximate surface area is 131 Å². The van der Waals surface area contributed by atoms with Crippen molar-refractivity contribution >= 4 is 17.7 Å². The molecule has 110 valence electrons. The molecule has 0 aliphatic rings. The van der Waals surface area contributed by atoms with Gasteiger partial charge in [-0.05, 0) is 44.0 Å². The fraction of sp³-hybridized carbons (Fsp3) is 0.278. The van der Waals surface area contributed by atoms with Crippen LogP contribution in [0.2, 0.25) is 0 Å². The van der Waals surface area contributed by atoms with Gasteiger partial charge >= 0.3 is 0 Å². The first-order valence-corrected chi connectivity index (χ1v) is 8.00. The Bertz CT molecular complexity index is 607. The average Bonchev–Trinajstić information content (AvgIpc) is 2.48. The quantitative estimate of drug-likeness (QED) is 0.842. The third-order valence-corrected chi connectivity index (χ3v) is 4.53. The van der Waals surface area contributed by atoms with E-state index in [4.69, 9.17) is 0 Å². The van der Waals surface area contributed by atoms with Gasteiger partial charge in [0, 0.05) is 11.4 Å². The van der Waals surface area contributed by atoms with E-state index in [0.29, 0.717) is 6.54 Å². The first-order chi connectivity index (χ1) is 10.1. The summed E-state index contributed by atoms with van der Waals surface area (Å²) in [6.45, 7) is 6.65. The Morgan fingerprint density at radius 3 is 2.43 bits per heavy atom. The highest BCUT2D eigenvalue weighted by molar-refractivity contribution is 8.00. The number of thioether (sulfide) groups is 1. The highest BCUT2D eigenvalue weighted by atomic mass is 32.2. The van der Waals surface area contributed by atoms with Crippen molar-refractivity contribution in [1.82, 2.24) is 5.32 Å². The molecule has 0 aromatic heterocycles. The number of nitrogens with one attached hydrogen (secondary N) is 1. The van der Waals surface area contributed by atoms with Crippen molar-refractivity contribution in [2.24, 2.45) is 0 Å². The number of aryl methyl sites for hydroxylation is 2. The molecule has 2 aromatic rings. The molecule has 0 spiro atoms. The lowest BCUT2D eigenvalue weighted by Gasteiger charge is -2.13. The van der Waals surface area contributed by atoms with Gasteiger partial charge in [0.2, 0.25) is 5.91 Å². The fourth-order valence-electron chi connectivity index (χ4n) is 2.01. The molecule has 0 saturated carbocycles. The van der Waals surface area contributed by atoms with Gasteiger partial charge in [0.25, 0.3) is 0 Å². The molecule has 1 atom stereocenters. The second kappa shape index (κ2) is 7.32. The van der Waals surface area contributed by atoms with Crippen LogP contribution in [0.3, 0.4) is 0 Å². The number of benzene rings is 2. The van der Waals surface area contributed by atoms with Crippen LogP contribution in [-0.4, -0.2) is 11.2 Å². The summed E-state index contributed by atoms with van der Waals surface area (Å²) in [5.41, 5.74) is 3.60. The van der Waals surface area contributed by atoms with Gasteiger partial charge in [0.15, 0.2) is 0 Å². The summed E-state index contributed by atoms with van der Waals surface area (Å²) < 4.78 is 0. The third-order valence-electron chi connectivity index (χ3n) is 3.42. The summed E-state index contributed by atoms with van der Waals surface area (Å²) in [6, 6.07) is 16.4.